The van der Waals surface area contributed by atoms with Crippen molar-refractivity contribution in [2.24, 2.45) is 11.5 Å². The molecule has 0 aromatic rings. The molecule has 1 aliphatic rings. The van der Waals surface area contributed by atoms with E-state index < -0.39 is 59.7 Å². The van der Waals surface area contributed by atoms with Crippen molar-refractivity contribution in [2.75, 3.05) is 39.5 Å². The molecule has 20 nitrogen and oxygen atoms in total. The summed E-state index contributed by atoms with van der Waals surface area (Å²) in [5.74, 6) is -5.38. The summed E-state index contributed by atoms with van der Waals surface area (Å²) in [6, 6.07) is -3.29. The first kappa shape index (κ1) is 51.0. The molecule has 20 heteroatoms. The fraction of sp³-hybridized carbons (Fsp3) is 0.632. The molecule has 0 aliphatic carbocycles. The molecule has 58 heavy (non-hydrogen) atoms. The van der Waals surface area contributed by atoms with Crippen LogP contribution in [0.2, 0.25) is 0 Å². The van der Waals surface area contributed by atoms with Gasteiger partial charge in [-0.05, 0) is 66.2 Å². The van der Waals surface area contributed by atoms with E-state index in [0.29, 0.717) is 31.9 Å². The predicted molar refractivity (Wildman–Crippen MR) is 204 cm³/mol. The normalized spacial score (nSPS) is 22.8. The average Bonchev–Trinajstić information content (AvgIpc) is 3.15. The number of cyclic esters (lactones) is 3. The fourth-order valence-corrected chi connectivity index (χ4v) is 5.06. The minimum atomic E-state index is -1.19. The first-order chi connectivity index (χ1) is 27.3. The van der Waals surface area contributed by atoms with Crippen molar-refractivity contribution in [3.63, 3.8) is 0 Å². The highest BCUT2D eigenvalue weighted by Crippen LogP contribution is 2.10. The number of ketones is 1. The zero-order chi connectivity index (χ0) is 43.8. The van der Waals surface area contributed by atoms with E-state index in [0.717, 1.165) is 12.2 Å². The molecule has 0 aromatic heterocycles. The lowest BCUT2D eigenvalue weighted by Crippen LogP contribution is -2.42. The Morgan fingerprint density at radius 3 is 1.33 bits per heavy atom. The number of amides is 4. The molecule has 326 valence electrons. The number of carbonyl (C=O) groups is 8. The van der Waals surface area contributed by atoms with Gasteiger partial charge in [0.25, 0.3) is 17.7 Å². The predicted octanol–water partition coefficient (Wildman–Crippen LogP) is 1.14. The van der Waals surface area contributed by atoms with E-state index >= 15 is 0 Å². The highest BCUT2D eigenvalue weighted by Gasteiger charge is 2.24. The zero-order valence-corrected chi connectivity index (χ0v) is 33.8. The number of nitrogens with one attached hydrogen (secondary N) is 1. The van der Waals surface area contributed by atoms with Crippen LogP contribution in [0, 0.1) is 0 Å². The highest BCUT2D eigenvalue weighted by molar-refractivity contribution is 5.89. The Kier molecular flexibility index (Phi) is 24.3. The third kappa shape index (κ3) is 22.1. The minimum Gasteiger partial charge on any atom is -0.464 e. The summed E-state index contributed by atoms with van der Waals surface area (Å²) < 4.78 is 15.7. The molecular formula is C38H60N6O14. The molecule has 0 aromatic carbocycles. The van der Waals surface area contributed by atoms with E-state index in [1.807, 2.05) is 0 Å². The van der Waals surface area contributed by atoms with E-state index in [-0.39, 0.29) is 116 Å². The zero-order valence-electron chi connectivity index (χ0n) is 33.8. The van der Waals surface area contributed by atoms with Crippen LogP contribution in [0.1, 0.15) is 98.3 Å². The van der Waals surface area contributed by atoms with Crippen LogP contribution in [0.3, 0.4) is 0 Å². The molecule has 1 heterocycles. The molecule has 0 saturated carbocycles. The maximum absolute atomic E-state index is 13.0. The Morgan fingerprint density at radius 1 is 0.621 bits per heavy atom. The first-order valence-corrected chi connectivity index (χ1v) is 19.1. The van der Waals surface area contributed by atoms with Crippen LogP contribution < -0.4 is 16.8 Å². The van der Waals surface area contributed by atoms with Gasteiger partial charge in [-0.25, -0.2) is 20.0 Å². The van der Waals surface area contributed by atoms with Crippen molar-refractivity contribution in [2.45, 2.75) is 116 Å². The van der Waals surface area contributed by atoms with Crippen molar-refractivity contribution >= 4 is 47.3 Å². The van der Waals surface area contributed by atoms with Crippen LogP contribution in [0.25, 0.3) is 0 Å². The number of hydroxylamine groups is 6. The molecule has 0 spiro atoms. The second-order valence-electron chi connectivity index (χ2n) is 14.1. The standard InChI is InChI=1S/C38H60N6O14/c1-25-13-19-56-36(50)30(40)9-6-17-43(54)34(48)24-27(3)15-21-58-38(52)31(41-32(46)12-11-28(4)45)10-7-18-44(55)35(49)23-26(2)14-20-57-37(51)29(39)8-5-16-42(53)33(47)22-25/h22-24,29-31,53-55H,5-21,39-40H2,1-4H3,(H,41,46). The van der Waals surface area contributed by atoms with E-state index in [4.69, 9.17) is 25.7 Å². The molecule has 0 saturated heterocycles. The SMILES string of the molecule is CC(=O)CCC(=O)NC1CCCN(O)C(=O)C=C(C)CCOC(=O)C(N)CCCN(O)C(=O)C=C(C)CCOC(=O)C(N)CCCN(O)C(=O)C=C(C)CCOC1=O. The van der Waals surface area contributed by atoms with Gasteiger partial charge in [0, 0.05) is 70.0 Å². The topological polar surface area (TPSA) is 299 Å². The quantitative estimate of drug-likeness (QED) is 0.132. The number of ether oxygens (including phenoxy) is 3. The van der Waals surface area contributed by atoms with E-state index in [9.17, 15) is 54.0 Å². The number of Topliss-reactive ketones (excluding diaryl/α,β-unsaturated/α-hetero) is 1. The maximum atomic E-state index is 13.0. The number of carbonyl (C=O) groups excluding carboxylic acids is 8. The molecule has 1 rings (SSSR count). The summed E-state index contributed by atoms with van der Waals surface area (Å²) in [6.07, 6.45) is 4.07. The van der Waals surface area contributed by atoms with Gasteiger partial charge in [-0.15, -0.1) is 0 Å². The monoisotopic (exact) mass is 824 g/mol. The third-order valence-electron chi connectivity index (χ3n) is 8.66. The number of hydrogen-bond donors (Lipinski definition) is 6. The molecule has 8 N–H and O–H groups in total. The Balaban J connectivity index is 3.04. The lowest BCUT2D eigenvalue weighted by Gasteiger charge is -2.19. The van der Waals surface area contributed by atoms with Crippen LogP contribution >= 0.6 is 0 Å². The number of nitrogens with zero attached hydrogens (tertiary/aromatic N) is 3. The van der Waals surface area contributed by atoms with E-state index in [2.05, 4.69) is 5.32 Å². The third-order valence-corrected chi connectivity index (χ3v) is 8.66. The van der Waals surface area contributed by atoms with Crippen molar-refractivity contribution in [1.29, 1.82) is 0 Å². The van der Waals surface area contributed by atoms with Gasteiger partial charge in [0.2, 0.25) is 5.91 Å². The number of rotatable bonds is 4. The Bertz CT molecular complexity index is 1530. The van der Waals surface area contributed by atoms with Gasteiger partial charge in [0.15, 0.2) is 0 Å². The van der Waals surface area contributed by atoms with Crippen LogP contribution in [0.4, 0.5) is 0 Å². The van der Waals surface area contributed by atoms with Crippen molar-refractivity contribution in [1.82, 2.24) is 20.5 Å². The van der Waals surface area contributed by atoms with Gasteiger partial charge in [-0.1, -0.05) is 16.7 Å². The number of esters is 3. The van der Waals surface area contributed by atoms with Crippen LogP contribution in [0.15, 0.2) is 34.9 Å². The van der Waals surface area contributed by atoms with E-state index in [1.54, 1.807) is 20.8 Å². The summed E-state index contributed by atoms with van der Waals surface area (Å²) in [6.45, 7) is 5.12. The maximum Gasteiger partial charge on any atom is 0.328 e. The molecule has 3 atom stereocenters. The molecule has 1 aliphatic heterocycles. The molecule has 0 radical (unpaired) electrons. The highest BCUT2D eigenvalue weighted by atomic mass is 16.5. The van der Waals surface area contributed by atoms with Gasteiger partial charge in [0.05, 0.1) is 19.8 Å². The van der Waals surface area contributed by atoms with E-state index in [1.165, 1.54) is 13.0 Å². The molecule has 4 amide bonds. The Hall–Kier alpha value is -5.02. The van der Waals surface area contributed by atoms with Gasteiger partial charge in [0.1, 0.15) is 23.9 Å². The van der Waals surface area contributed by atoms with Crippen molar-refractivity contribution in [3.8, 4) is 0 Å². The van der Waals surface area contributed by atoms with Gasteiger partial charge < -0.3 is 35.8 Å². The smallest absolute Gasteiger partial charge is 0.328 e. The molecule has 0 fully saturated rings. The Morgan fingerprint density at radius 2 is 0.966 bits per heavy atom. The van der Waals surface area contributed by atoms with Gasteiger partial charge in [-0.3, -0.25) is 44.4 Å². The summed E-state index contributed by atoms with van der Waals surface area (Å²) in [5.41, 5.74) is 13.2. The summed E-state index contributed by atoms with van der Waals surface area (Å²) in [4.78, 5) is 98.9. The summed E-state index contributed by atoms with van der Waals surface area (Å²) in [5, 5.41) is 34.5. The molecule has 0 bridgehead atoms. The largest absolute Gasteiger partial charge is 0.464 e. The summed E-state index contributed by atoms with van der Waals surface area (Å²) >= 11 is 0. The van der Waals surface area contributed by atoms with Gasteiger partial charge >= 0.3 is 17.9 Å². The lowest BCUT2D eigenvalue weighted by molar-refractivity contribution is -0.160. The second-order valence-corrected chi connectivity index (χ2v) is 14.1. The minimum absolute atomic E-state index is 0.0434. The van der Waals surface area contributed by atoms with Crippen LogP contribution in [-0.2, 0) is 52.6 Å². The van der Waals surface area contributed by atoms with Crippen molar-refractivity contribution < 1.29 is 68.2 Å². The van der Waals surface area contributed by atoms with Crippen molar-refractivity contribution in [3.05, 3.63) is 34.9 Å². The Labute approximate surface area is 338 Å². The second kappa shape index (κ2) is 27.6. The fourth-order valence-electron chi connectivity index (χ4n) is 5.06. The van der Waals surface area contributed by atoms with Crippen LogP contribution in [0.5, 0.6) is 0 Å². The lowest BCUT2D eigenvalue weighted by atomic mass is 10.1. The molecular weight excluding hydrogens is 764 g/mol. The number of hydrogen-bond acceptors (Lipinski definition) is 16. The molecule has 3 unspecified atom stereocenters. The van der Waals surface area contributed by atoms with Crippen LogP contribution in [-0.4, -0.2) is 136 Å². The summed E-state index contributed by atoms with van der Waals surface area (Å²) in [7, 11) is 0. The first-order valence-electron chi connectivity index (χ1n) is 19.1. The average molecular weight is 825 g/mol. The van der Waals surface area contributed by atoms with Gasteiger partial charge in [-0.2, -0.15) is 0 Å². The number of nitrogens with two attached hydrogens (primary N) is 2.